The minimum Gasteiger partial charge on any atom is -0.507 e. The summed E-state index contributed by atoms with van der Waals surface area (Å²) in [6.07, 6.45) is 5.10. The van der Waals surface area contributed by atoms with E-state index in [1.54, 1.807) is 37.5 Å². The van der Waals surface area contributed by atoms with E-state index in [0.717, 1.165) is 19.4 Å². The molecule has 1 atom stereocenters. The highest BCUT2D eigenvalue weighted by Crippen LogP contribution is 2.44. The molecule has 2 heterocycles. The number of Topliss-reactive ketones (excluding diaryl/α,β-unsaturated/α-hetero) is 1. The summed E-state index contributed by atoms with van der Waals surface area (Å²) in [5, 5.41) is 10.6. The van der Waals surface area contributed by atoms with Crippen molar-refractivity contribution in [2.75, 3.05) is 27.9 Å². The van der Waals surface area contributed by atoms with Gasteiger partial charge in [-0.15, -0.1) is 0 Å². The van der Waals surface area contributed by atoms with Crippen LogP contribution in [0.2, 0.25) is 0 Å². The summed E-state index contributed by atoms with van der Waals surface area (Å²) in [4.78, 5) is 15.4. The predicted molar refractivity (Wildman–Crippen MR) is 121 cm³/mol. The maximum Gasteiger partial charge on any atom is 0.231 e. The fourth-order valence-electron chi connectivity index (χ4n) is 4.42. The van der Waals surface area contributed by atoms with Crippen LogP contribution in [0.3, 0.4) is 0 Å². The highest BCUT2D eigenvalue weighted by molar-refractivity contribution is 6.15. The first-order valence-electron chi connectivity index (χ1n) is 10.8. The molecule has 0 aliphatic carbocycles. The van der Waals surface area contributed by atoms with Crippen LogP contribution in [0.25, 0.3) is 6.08 Å². The van der Waals surface area contributed by atoms with E-state index in [1.807, 2.05) is 0 Å². The fourth-order valence-corrected chi connectivity index (χ4v) is 4.42. The number of hydrogen-bond acceptors (Lipinski definition) is 7. The number of carbonyl (C=O) groups is 1. The Balaban J connectivity index is 1.70. The van der Waals surface area contributed by atoms with Gasteiger partial charge in [0, 0.05) is 18.2 Å². The fraction of sp³-hybridized carbons (Fsp3) is 0.400. The molecule has 0 radical (unpaired) electrons. The maximum atomic E-state index is 13.1. The summed E-state index contributed by atoms with van der Waals surface area (Å²) in [5.41, 5.74) is 1.72. The molecule has 1 saturated heterocycles. The second kappa shape index (κ2) is 9.12. The van der Waals surface area contributed by atoms with Crippen LogP contribution in [-0.2, 0) is 6.54 Å². The smallest absolute Gasteiger partial charge is 0.231 e. The Morgan fingerprint density at radius 2 is 1.88 bits per heavy atom. The zero-order valence-electron chi connectivity index (χ0n) is 18.9. The van der Waals surface area contributed by atoms with E-state index in [1.165, 1.54) is 20.6 Å². The van der Waals surface area contributed by atoms with Crippen LogP contribution in [0.15, 0.2) is 30.0 Å². The van der Waals surface area contributed by atoms with Crippen molar-refractivity contribution in [2.24, 2.45) is 0 Å². The van der Waals surface area contributed by atoms with Gasteiger partial charge in [0.2, 0.25) is 11.5 Å². The first-order valence-corrected chi connectivity index (χ1v) is 10.8. The number of ketones is 1. The Morgan fingerprint density at radius 3 is 2.56 bits per heavy atom. The zero-order valence-corrected chi connectivity index (χ0v) is 18.9. The molecule has 0 saturated carbocycles. The quantitative estimate of drug-likeness (QED) is 0.668. The number of phenolic OH excluding ortho intramolecular Hbond substituents is 1. The number of allylic oxidation sites excluding steroid dienone is 1. The summed E-state index contributed by atoms with van der Waals surface area (Å²) in [6.45, 7) is 3.69. The van der Waals surface area contributed by atoms with E-state index < -0.39 is 0 Å². The summed E-state index contributed by atoms with van der Waals surface area (Å²) in [7, 11) is 4.61. The zero-order chi connectivity index (χ0) is 22.8. The number of fused-ring (bicyclic) bond motifs is 1. The van der Waals surface area contributed by atoms with Crippen molar-refractivity contribution in [1.82, 2.24) is 4.90 Å². The van der Waals surface area contributed by atoms with Crippen molar-refractivity contribution in [3.05, 3.63) is 46.7 Å². The van der Waals surface area contributed by atoms with Gasteiger partial charge in [-0.2, -0.15) is 0 Å². The van der Waals surface area contributed by atoms with E-state index in [-0.39, 0.29) is 17.3 Å². The van der Waals surface area contributed by atoms with Gasteiger partial charge in [0.05, 0.1) is 32.5 Å². The molecule has 0 spiro atoms. The minimum atomic E-state index is -0.232. The lowest BCUT2D eigenvalue weighted by molar-refractivity contribution is 0.101. The van der Waals surface area contributed by atoms with Gasteiger partial charge in [0.1, 0.15) is 11.5 Å². The van der Waals surface area contributed by atoms with Gasteiger partial charge in [-0.1, -0.05) is 6.42 Å². The number of phenols is 1. The monoisotopic (exact) mass is 439 g/mol. The van der Waals surface area contributed by atoms with Crippen LogP contribution in [0.4, 0.5) is 0 Å². The van der Waals surface area contributed by atoms with Crippen molar-refractivity contribution in [1.29, 1.82) is 0 Å². The third kappa shape index (κ3) is 3.88. The van der Waals surface area contributed by atoms with Crippen LogP contribution >= 0.6 is 0 Å². The molecule has 2 aromatic rings. The molecule has 1 N–H and O–H groups in total. The van der Waals surface area contributed by atoms with Crippen molar-refractivity contribution < 1.29 is 28.8 Å². The lowest BCUT2D eigenvalue weighted by Crippen LogP contribution is -2.36. The number of benzene rings is 2. The van der Waals surface area contributed by atoms with Crippen molar-refractivity contribution in [3.8, 4) is 28.7 Å². The lowest BCUT2D eigenvalue weighted by atomic mass is 10.0. The molecule has 2 aliphatic heterocycles. The number of aromatic hydroxyl groups is 1. The number of nitrogens with zero attached hydrogens (tertiary/aromatic N) is 1. The average Bonchev–Trinajstić information content (AvgIpc) is 3.11. The minimum absolute atomic E-state index is 0.138. The number of likely N-dealkylation sites (tertiary alicyclic amines) is 1. The number of ether oxygens (including phenoxy) is 4. The molecule has 0 unspecified atom stereocenters. The van der Waals surface area contributed by atoms with Crippen LogP contribution < -0.4 is 18.9 Å². The summed E-state index contributed by atoms with van der Waals surface area (Å²) in [6, 6.07) is 7.13. The van der Waals surface area contributed by atoms with Crippen molar-refractivity contribution in [2.45, 2.75) is 38.8 Å². The van der Waals surface area contributed by atoms with E-state index >= 15 is 0 Å². The number of piperidine rings is 1. The molecule has 1 fully saturated rings. The Kier molecular flexibility index (Phi) is 6.28. The number of methoxy groups -OCH3 is 3. The first kappa shape index (κ1) is 22.0. The van der Waals surface area contributed by atoms with E-state index in [0.29, 0.717) is 52.3 Å². The van der Waals surface area contributed by atoms with Crippen LogP contribution in [-0.4, -0.2) is 49.7 Å². The van der Waals surface area contributed by atoms with Crippen molar-refractivity contribution >= 4 is 11.9 Å². The average molecular weight is 440 g/mol. The SMILES string of the molecule is COc1ccc(C=C2Oc3c(ccc(O)c3CN3CCCC[C@H]3C)C2=O)c(OC)c1OC. The number of rotatable bonds is 6. The standard InChI is InChI=1S/C25H29NO6/c1-15-7-5-6-12-26(15)14-18-19(27)10-9-17-22(28)21(32-24(17)18)13-16-8-11-20(29-2)25(31-4)23(16)30-3/h8-11,13,15,27H,5-7,12,14H2,1-4H3/t15-/m1/s1. The first-order chi connectivity index (χ1) is 15.5. The van der Waals surface area contributed by atoms with Gasteiger partial charge in [0.25, 0.3) is 0 Å². The molecule has 0 amide bonds. The third-order valence-corrected chi connectivity index (χ3v) is 6.24. The highest BCUT2D eigenvalue weighted by Gasteiger charge is 2.33. The van der Waals surface area contributed by atoms with Gasteiger partial charge in [-0.25, -0.2) is 0 Å². The van der Waals surface area contributed by atoms with Crippen LogP contribution in [0.1, 0.15) is 47.7 Å². The van der Waals surface area contributed by atoms with Gasteiger partial charge in [-0.05, 0) is 56.7 Å². The number of carbonyl (C=O) groups excluding carboxylic acids is 1. The Labute approximate surface area is 188 Å². The molecule has 2 aliphatic rings. The molecule has 7 nitrogen and oxygen atoms in total. The van der Waals surface area contributed by atoms with Gasteiger partial charge < -0.3 is 24.1 Å². The largest absolute Gasteiger partial charge is 0.507 e. The normalized spacial score (nSPS) is 19.6. The molecule has 2 aromatic carbocycles. The van der Waals surface area contributed by atoms with Crippen LogP contribution in [0, 0.1) is 0 Å². The van der Waals surface area contributed by atoms with Crippen molar-refractivity contribution in [3.63, 3.8) is 0 Å². The Hall–Kier alpha value is -3.19. The molecule has 7 heteroatoms. The molecule has 170 valence electrons. The van der Waals surface area contributed by atoms with Crippen LogP contribution in [0.5, 0.6) is 28.7 Å². The maximum absolute atomic E-state index is 13.1. The predicted octanol–water partition coefficient (Wildman–Crippen LogP) is 4.41. The molecule has 0 bridgehead atoms. The topological polar surface area (TPSA) is 77.5 Å². The Bertz CT molecular complexity index is 1060. The van der Waals surface area contributed by atoms with Gasteiger partial charge in [-0.3, -0.25) is 9.69 Å². The number of hydrogen-bond donors (Lipinski definition) is 1. The molecular weight excluding hydrogens is 410 g/mol. The lowest BCUT2D eigenvalue weighted by Gasteiger charge is -2.33. The van der Waals surface area contributed by atoms with E-state index in [9.17, 15) is 9.90 Å². The summed E-state index contributed by atoms with van der Waals surface area (Å²) < 4.78 is 22.3. The molecular formula is C25H29NO6. The van der Waals surface area contributed by atoms with E-state index in [2.05, 4.69) is 11.8 Å². The highest BCUT2D eigenvalue weighted by atomic mass is 16.5. The van der Waals surface area contributed by atoms with Gasteiger partial charge >= 0.3 is 0 Å². The second-order valence-electron chi connectivity index (χ2n) is 8.12. The summed E-state index contributed by atoms with van der Waals surface area (Å²) >= 11 is 0. The molecule has 4 rings (SSSR count). The second-order valence-corrected chi connectivity index (χ2v) is 8.12. The van der Waals surface area contributed by atoms with E-state index in [4.69, 9.17) is 18.9 Å². The summed E-state index contributed by atoms with van der Waals surface area (Å²) in [5.74, 6) is 1.91. The molecule has 32 heavy (non-hydrogen) atoms. The van der Waals surface area contributed by atoms with Gasteiger partial charge in [0.15, 0.2) is 17.3 Å². The molecule has 0 aromatic heterocycles. The Morgan fingerprint density at radius 1 is 1.09 bits per heavy atom. The third-order valence-electron chi connectivity index (χ3n) is 6.24.